The Morgan fingerprint density at radius 3 is 2.80 bits per heavy atom. The van der Waals surface area contributed by atoms with Crippen molar-refractivity contribution in [3.05, 3.63) is 0 Å². The lowest BCUT2D eigenvalue weighted by atomic mass is 11.0. The van der Waals surface area contributed by atoms with Crippen molar-refractivity contribution >= 4 is 40.6 Å². The average molecular weight is 219 g/mol. The molecule has 61 valence electrons. The van der Waals surface area contributed by atoms with E-state index >= 15 is 0 Å². The van der Waals surface area contributed by atoms with Crippen molar-refractivity contribution in [3.63, 3.8) is 0 Å². The molecule has 0 spiro atoms. The van der Waals surface area contributed by atoms with Crippen LogP contribution in [0.3, 0.4) is 0 Å². The largest absolute Gasteiger partial charge is 0.398 e. The Kier molecular flexibility index (Phi) is 6.50. The minimum Gasteiger partial charge on any atom is -0.316 e. The van der Waals surface area contributed by atoms with E-state index in [1.165, 1.54) is 11.8 Å². The topological polar surface area (TPSA) is 46.5 Å². The number of hydrogen-bond acceptors (Lipinski definition) is 4. The van der Waals surface area contributed by atoms with Gasteiger partial charge in [0.15, 0.2) is 0 Å². The molecule has 0 aliphatic carbocycles. The van der Waals surface area contributed by atoms with Gasteiger partial charge < -0.3 is 4.89 Å². The summed E-state index contributed by atoms with van der Waals surface area (Å²) >= 11 is 5.74. The van der Waals surface area contributed by atoms with Crippen molar-refractivity contribution in [1.29, 1.82) is 0 Å². The maximum absolute atomic E-state index is 10.6. The summed E-state index contributed by atoms with van der Waals surface area (Å²) < 4.78 is 15.2. The average Bonchev–Trinajstić information content (AvgIpc) is 1.89. The van der Waals surface area contributed by atoms with Gasteiger partial charge in [-0.15, -0.1) is 11.8 Å². The summed E-state index contributed by atoms with van der Waals surface area (Å²) in [5, 5.41) is 0. The Labute approximate surface area is 73.4 Å². The molecule has 0 rings (SSSR count). The Morgan fingerprint density at radius 1 is 1.80 bits per heavy atom. The molecule has 0 bridgehead atoms. The standard InChI is InChI=1S/C3H8O3PS3/c1-2-9-3-6-7(4,5)10-8/h2-3H2,1H3,(H,4,5). The van der Waals surface area contributed by atoms with E-state index in [0.717, 1.165) is 5.75 Å². The summed E-state index contributed by atoms with van der Waals surface area (Å²) in [6.45, 7) is -1.55. The molecular weight excluding hydrogens is 211 g/mol. The fraction of sp³-hybridized carbons (Fsp3) is 1.00. The molecule has 0 aliphatic rings. The first-order valence-electron chi connectivity index (χ1n) is 2.49. The molecule has 0 aliphatic heterocycles. The molecule has 0 amide bonds. The van der Waals surface area contributed by atoms with Gasteiger partial charge >= 0.3 is 6.80 Å². The summed E-state index contributed by atoms with van der Waals surface area (Å²) in [5.41, 5.74) is 0. The van der Waals surface area contributed by atoms with Crippen LogP contribution in [0.25, 0.3) is 0 Å². The Hall–Kier alpha value is 1.20. The van der Waals surface area contributed by atoms with Crippen LogP contribution in [0.1, 0.15) is 6.92 Å². The lowest BCUT2D eigenvalue weighted by Crippen LogP contribution is -1.84. The van der Waals surface area contributed by atoms with Gasteiger partial charge in [0.25, 0.3) is 0 Å². The van der Waals surface area contributed by atoms with Crippen molar-refractivity contribution in [2.24, 2.45) is 0 Å². The Morgan fingerprint density at radius 2 is 2.40 bits per heavy atom. The summed E-state index contributed by atoms with van der Waals surface area (Å²) in [6.07, 6.45) is 0. The van der Waals surface area contributed by atoms with E-state index in [9.17, 15) is 4.57 Å². The van der Waals surface area contributed by atoms with Crippen molar-refractivity contribution in [2.75, 3.05) is 11.7 Å². The van der Waals surface area contributed by atoms with Crippen LogP contribution in [-0.4, -0.2) is 16.6 Å². The molecule has 10 heavy (non-hydrogen) atoms. The molecule has 0 heterocycles. The maximum Gasteiger partial charge on any atom is 0.398 e. The van der Waals surface area contributed by atoms with Gasteiger partial charge in [-0.3, -0.25) is 4.52 Å². The van der Waals surface area contributed by atoms with Crippen LogP contribution in [0.2, 0.25) is 0 Å². The van der Waals surface area contributed by atoms with Gasteiger partial charge in [0, 0.05) is 10.4 Å². The molecule has 7 heteroatoms. The van der Waals surface area contributed by atoms with E-state index in [0.29, 0.717) is 10.4 Å². The molecule has 0 aromatic rings. The van der Waals surface area contributed by atoms with Gasteiger partial charge in [-0.05, 0) is 17.4 Å². The third kappa shape index (κ3) is 5.95. The zero-order valence-electron chi connectivity index (χ0n) is 5.35. The first-order valence-corrected chi connectivity index (χ1v) is 7.57. The number of thioether (sulfide) groups is 1. The molecule has 0 aromatic carbocycles. The van der Waals surface area contributed by atoms with Crippen molar-refractivity contribution in [2.45, 2.75) is 6.92 Å². The minimum atomic E-state index is -3.49. The van der Waals surface area contributed by atoms with Gasteiger partial charge in [-0.1, -0.05) is 6.92 Å². The third-order valence-corrected chi connectivity index (χ3v) is 4.69. The second kappa shape index (κ2) is 5.80. The molecular formula is C3H8O3PS3. The highest BCUT2D eigenvalue weighted by Crippen LogP contribution is 2.57. The molecule has 1 atom stereocenters. The Bertz CT molecular complexity index is 130. The molecule has 3 nitrogen and oxygen atoms in total. The predicted octanol–water partition coefficient (Wildman–Crippen LogP) is 2.66. The van der Waals surface area contributed by atoms with Crippen molar-refractivity contribution < 1.29 is 14.0 Å². The number of rotatable bonds is 5. The fourth-order valence-electron chi connectivity index (χ4n) is 0.209. The summed E-state index contributed by atoms with van der Waals surface area (Å²) in [4.78, 5) is 8.73. The van der Waals surface area contributed by atoms with E-state index in [2.05, 4.69) is 16.2 Å². The van der Waals surface area contributed by atoms with E-state index in [-0.39, 0.29) is 5.94 Å². The van der Waals surface area contributed by atoms with Gasteiger partial charge in [-0.25, -0.2) is 4.57 Å². The van der Waals surface area contributed by atoms with Crippen LogP contribution < -0.4 is 0 Å². The lowest BCUT2D eigenvalue weighted by molar-refractivity contribution is 0.324. The fourth-order valence-corrected chi connectivity index (χ4v) is 2.15. The van der Waals surface area contributed by atoms with Crippen LogP contribution in [0.4, 0.5) is 0 Å². The summed E-state index contributed by atoms with van der Waals surface area (Å²) in [5.74, 6) is 1.09. The highest BCUT2D eigenvalue weighted by molar-refractivity contribution is 8.93. The zero-order chi connectivity index (χ0) is 8.04. The second-order valence-corrected chi connectivity index (χ2v) is 7.02. The van der Waals surface area contributed by atoms with Crippen molar-refractivity contribution in [3.8, 4) is 0 Å². The first kappa shape index (κ1) is 11.2. The van der Waals surface area contributed by atoms with E-state index in [4.69, 9.17) is 4.89 Å². The first-order chi connectivity index (χ1) is 4.62. The normalized spacial score (nSPS) is 16.7. The molecule has 0 saturated carbocycles. The monoisotopic (exact) mass is 219 g/mol. The Balaban J connectivity index is 3.38. The third-order valence-electron chi connectivity index (χ3n) is 0.597. The molecule has 0 aromatic heterocycles. The quantitative estimate of drug-likeness (QED) is 0.333. The molecule has 1 N–H and O–H groups in total. The number of hydrogen-bond donors (Lipinski definition) is 1. The maximum atomic E-state index is 10.6. The molecule has 1 radical (unpaired) electrons. The van der Waals surface area contributed by atoms with E-state index in [1.807, 2.05) is 6.92 Å². The van der Waals surface area contributed by atoms with Gasteiger partial charge in [0.1, 0.15) is 5.94 Å². The van der Waals surface area contributed by atoms with Gasteiger partial charge in [0.05, 0.1) is 0 Å². The van der Waals surface area contributed by atoms with Gasteiger partial charge in [0.2, 0.25) is 0 Å². The minimum absolute atomic E-state index is 0.230. The van der Waals surface area contributed by atoms with Crippen molar-refractivity contribution in [1.82, 2.24) is 0 Å². The van der Waals surface area contributed by atoms with E-state index in [1.54, 1.807) is 0 Å². The zero-order valence-corrected chi connectivity index (χ0v) is 8.69. The predicted molar refractivity (Wildman–Crippen MR) is 49.1 cm³/mol. The summed E-state index contributed by atoms with van der Waals surface area (Å²) in [6, 6.07) is 0. The highest BCUT2D eigenvalue weighted by Gasteiger charge is 2.17. The molecule has 0 fully saturated rings. The molecule has 1 unspecified atom stereocenters. The molecule has 0 saturated heterocycles. The van der Waals surface area contributed by atoms with Crippen LogP contribution in [0.5, 0.6) is 0 Å². The highest BCUT2D eigenvalue weighted by atomic mass is 33.3. The van der Waals surface area contributed by atoms with Gasteiger partial charge in [-0.2, -0.15) is 0 Å². The van der Waals surface area contributed by atoms with Crippen LogP contribution >= 0.6 is 40.6 Å². The second-order valence-electron chi connectivity index (χ2n) is 1.28. The van der Waals surface area contributed by atoms with Crippen LogP contribution in [0, 0.1) is 0 Å². The summed E-state index contributed by atoms with van der Waals surface area (Å²) in [7, 11) is 0.436. The van der Waals surface area contributed by atoms with Crippen LogP contribution in [-0.2, 0) is 9.09 Å². The lowest BCUT2D eigenvalue weighted by Gasteiger charge is -2.05. The smallest absolute Gasteiger partial charge is 0.316 e. The van der Waals surface area contributed by atoms with E-state index < -0.39 is 6.80 Å². The van der Waals surface area contributed by atoms with Crippen LogP contribution in [0.15, 0.2) is 0 Å². The SMILES string of the molecule is CCSCOP(=O)(O)S[S].